The van der Waals surface area contributed by atoms with Gasteiger partial charge in [0.1, 0.15) is 0 Å². The van der Waals surface area contributed by atoms with Gasteiger partial charge in [0, 0.05) is 41.1 Å². The van der Waals surface area contributed by atoms with E-state index in [-0.39, 0.29) is 0 Å². The molecule has 3 rings (SSSR count). The van der Waals surface area contributed by atoms with E-state index >= 15 is 0 Å². The Bertz CT molecular complexity index is 666. The van der Waals surface area contributed by atoms with Crippen molar-refractivity contribution < 1.29 is 0 Å². The predicted molar refractivity (Wildman–Crippen MR) is 71.9 cm³/mol. The van der Waals surface area contributed by atoms with Gasteiger partial charge in [0.2, 0.25) is 0 Å². The molecule has 0 atom stereocenters. The minimum absolute atomic E-state index is 0.558. The largest absolute Gasteiger partial charge is 0.350 e. The van der Waals surface area contributed by atoms with Crippen LogP contribution in [-0.2, 0) is 13.6 Å². The van der Waals surface area contributed by atoms with Crippen LogP contribution in [0.2, 0.25) is 0 Å². The molecule has 2 heterocycles. The summed E-state index contributed by atoms with van der Waals surface area (Å²) in [7, 11) is 2.06. The van der Waals surface area contributed by atoms with Crippen LogP contribution in [0.25, 0.3) is 22.2 Å². The molecule has 0 amide bonds. The molecule has 0 aliphatic rings. The minimum atomic E-state index is 0.558. The maximum atomic E-state index is 5.62. The number of nitrogens with zero attached hydrogens (tertiary/aromatic N) is 2. The number of para-hydroxylation sites is 1. The Balaban J connectivity index is 2.23. The molecule has 0 spiro atoms. The number of rotatable bonds is 2. The predicted octanol–water partition coefficient (Wildman–Crippen LogP) is 2.76. The highest BCUT2D eigenvalue weighted by molar-refractivity contribution is 7.06. The maximum Gasteiger partial charge on any atom is 0.0865 e. The van der Waals surface area contributed by atoms with Crippen molar-refractivity contribution in [3.8, 4) is 11.3 Å². The van der Waals surface area contributed by atoms with Gasteiger partial charge >= 0.3 is 0 Å². The SMILES string of the molecule is Cn1cc(-c2cc(CN)sn2)c2ccccc21. The Morgan fingerprint density at radius 1 is 1.35 bits per heavy atom. The molecule has 0 unspecified atom stereocenters. The van der Waals surface area contributed by atoms with Gasteiger partial charge in [-0.1, -0.05) is 18.2 Å². The first kappa shape index (κ1) is 10.5. The molecule has 3 aromatic rings. The minimum Gasteiger partial charge on any atom is -0.350 e. The van der Waals surface area contributed by atoms with Crippen molar-refractivity contribution in [3.05, 3.63) is 41.4 Å². The zero-order chi connectivity index (χ0) is 11.8. The quantitative estimate of drug-likeness (QED) is 0.752. The van der Waals surface area contributed by atoms with Crippen molar-refractivity contribution in [2.24, 2.45) is 12.8 Å². The number of fused-ring (bicyclic) bond motifs is 1. The Morgan fingerprint density at radius 2 is 2.18 bits per heavy atom. The second kappa shape index (κ2) is 3.98. The van der Waals surface area contributed by atoms with Gasteiger partial charge in [-0.15, -0.1) is 0 Å². The lowest BCUT2D eigenvalue weighted by atomic mass is 10.1. The van der Waals surface area contributed by atoms with Gasteiger partial charge in [-0.25, -0.2) is 0 Å². The van der Waals surface area contributed by atoms with Gasteiger partial charge in [0.05, 0.1) is 5.69 Å². The monoisotopic (exact) mass is 243 g/mol. The second-order valence-corrected chi connectivity index (χ2v) is 4.94. The molecule has 17 heavy (non-hydrogen) atoms. The number of aryl methyl sites for hydroxylation is 1. The molecule has 0 radical (unpaired) electrons. The number of nitrogens with two attached hydrogens (primary N) is 1. The summed E-state index contributed by atoms with van der Waals surface area (Å²) in [5, 5.41) is 1.24. The third-order valence-corrected chi connectivity index (χ3v) is 3.74. The first-order valence-electron chi connectivity index (χ1n) is 5.49. The molecule has 0 aliphatic carbocycles. The Kier molecular flexibility index (Phi) is 2.46. The molecule has 1 aromatic carbocycles. The van der Waals surface area contributed by atoms with Crippen molar-refractivity contribution in [1.29, 1.82) is 0 Å². The van der Waals surface area contributed by atoms with Crippen LogP contribution in [-0.4, -0.2) is 8.94 Å². The molecule has 3 nitrogen and oxygen atoms in total. The number of aromatic nitrogens is 2. The van der Waals surface area contributed by atoms with E-state index in [1.807, 2.05) is 0 Å². The summed E-state index contributed by atoms with van der Waals surface area (Å²) in [6, 6.07) is 10.4. The van der Waals surface area contributed by atoms with Gasteiger partial charge in [0.25, 0.3) is 0 Å². The van der Waals surface area contributed by atoms with Crippen molar-refractivity contribution in [3.63, 3.8) is 0 Å². The van der Waals surface area contributed by atoms with Crippen molar-refractivity contribution in [1.82, 2.24) is 8.94 Å². The molecule has 0 saturated heterocycles. The highest BCUT2D eigenvalue weighted by Crippen LogP contribution is 2.30. The van der Waals surface area contributed by atoms with Gasteiger partial charge in [-0.05, 0) is 23.7 Å². The standard InChI is InChI=1S/C13H13N3S/c1-16-8-11(10-4-2-3-5-13(10)16)12-6-9(7-14)17-15-12/h2-6,8H,7,14H2,1H3. The first-order chi connectivity index (χ1) is 8.29. The topological polar surface area (TPSA) is 43.8 Å². The molecule has 0 aliphatic heterocycles. The van der Waals surface area contributed by atoms with E-state index in [4.69, 9.17) is 5.73 Å². The second-order valence-electron chi connectivity index (χ2n) is 4.05. The van der Waals surface area contributed by atoms with Crippen LogP contribution in [0.1, 0.15) is 4.88 Å². The normalized spacial score (nSPS) is 11.2. The molecule has 0 saturated carbocycles. The van der Waals surface area contributed by atoms with Crippen LogP contribution >= 0.6 is 11.5 Å². The summed E-state index contributed by atoms with van der Waals surface area (Å²) in [5.74, 6) is 0. The Morgan fingerprint density at radius 3 is 2.94 bits per heavy atom. The number of hydrogen-bond donors (Lipinski definition) is 1. The average Bonchev–Trinajstić information content (AvgIpc) is 2.95. The molecule has 0 bridgehead atoms. The lowest BCUT2D eigenvalue weighted by Crippen LogP contribution is -1.91. The van der Waals surface area contributed by atoms with Crippen molar-refractivity contribution >= 4 is 22.4 Å². The number of hydrogen-bond acceptors (Lipinski definition) is 3. The number of benzene rings is 1. The molecule has 0 fully saturated rings. The van der Waals surface area contributed by atoms with Gasteiger partial charge in [-0.2, -0.15) is 4.37 Å². The fourth-order valence-corrected chi connectivity index (χ4v) is 2.69. The van der Waals surface area contributed by atoms with E-state index in [9.17, 15) is 0 Å². The fraction of sp³-hybridized carbons (Fsp3) is 0.154. The zero-order valence-corrected chi connectivity index (χ0v) is 10.4. The van der Waals surface area contributed by atoms with Crippen LogP contribution in [0, 0.1) is 0 Å². The Hall–Kier alpha value is -1.65. The van der Waals surface area contributed by atoms with E-state index in [0.717, 1.165) is 10.6 Å². The zero-order valence-electron chi connectivity index (χ0n) is 9.55. The summed E-state index contributed by atoms with van der Waals surface area (Å²) in [4.78, 5) is 1.12. The van der Waals surface area contributed by atoms with Crippen molar-refractivity contribution in [2.75, 3.05) is 0 Å². The molecule has 86 valence electrons. The van der Waals surface area contributed by atoms with E-state index in [0.29, 0.717) is 6.54 Å². The van der Waals surface area contributed by atoms with E-state index in [2.05, 4.69) is 52.5 Å². The Labute approximate surface area is 104 Å². The molecule has 2 aromatic heterocycles. The van der Waals surface area contributed by atoms with Crippen LogP contribution in [0.4, 0.5) is 0 Å². The summed E-state index contributed by atoms with van der Waals surface area (Å²) < 4.78 is 6.60. The molecular formula is C13H13N3S. The third kappa shape index (κ3) is 1.66. The lowest BCUT2D eigenvalue weighted by molar-refractivity contribution is 0.970. The first-order valence-corrected chi connectivity index (χ1v) is 6.27. The van der Waals surface area contributed by atoms with Gasteiger partial charge in [0.15, 0.2) is 0 Å². The fourth-order valence-electron chi connectivity index (χ4n) is 2.08. The van der Waals surface area contributed by atoms with E-state index < -0.39 is 0 Å². The maximum absolute atomic E-state index is 5.62. The highest BCUT2D eigenvalue weighted by atomic mass is 32.1. The van der Waals surface area contributed by atoms with E-state index in [1.54, 1.807) is 0 Å². The summed E-state index contributed by atoms with van der Waals surface area (Å²) >= 11 is 1.48. The van der Waals surface area contributed by atoms with E-state index in [1.165, 1.54) is 28.0 Å². The summed E-state index contributed by atoms with van der Waals surface area (Å²) in [6.45, 7) is 0.558. The molecule has 2 N–H and O–H groups in total. The van der Waals surface area contributed by atoms with Crippen molar-refractivity contribution in [2.45, 2.75) is 6.54 Å². The van der Waals surface area contributed by atoms with Crippen LogP contribution in [0.3, 0.4) is 0 Å². The lowest BCUT2D eigenvalue weighted by Gasteiger charge is -1.93. The van der Waals surface area contributed by atoms with Gasteiger partial charge < -0.3 is 10.3 Å². The smallest absolute Gasteiger partial charge is 0.0865 e. The highest BCUT2D eigenvalue weighted by Gasteiger charge is 2.10. The van der Waals surface area contributed by atoms with Gasteiger partial charge in [-0.3, -0.25) is 0 Å². The van der Waals surface area contributed by atoms with Crippen LogP contribution in [0.5, 0.6) is 0 Å². The molecule has 4 heteroatoms. The molecular weight excluding hydrogens is 230 g/mol. The average molecular weight is 243 g/mol. The van der Waals surface area contributed by atoms with Crippen LogP contribution < -0.4 is 5.73 Å². The third-order valence-electron chi connectivity index (χ3n) is 2.93. The summed E-state index contributed by atoms with van der Waals surface area (Å²) in [6.07, 6.45) is 2.13. The van der Waals surface area contributed by atoms with Crippen LogP contribution in [0.15, 0.2) is 36.5 Å². The summed E-state index contributed by atoms with van der Waals surface area (Å²) in [5.41, 5.74) is 9.05.